The van der Waals surface area contributed by atoms with Crippen LogP contribution in [0.3, 0.4) is 0 Å². The second-order valence-electron chi connectivity index (χ2n) is 7.68. The summed E-state index contributed by atoms with van der Waals surface area (Å²) in [5, 5.41) is 5.32. The second kappa shape index (κ2) is 8.43. The van der Waals surface area contributed by atoms with Crippen LogP contribution in [0.1, 0.15) is 39.5 Å². The van der Waals surface area contributed by atoms with Crippen molar-refractivity contribution in [2.24, 2.45) is 0 Å². The van der Waals surface area contributed by atoms with Gasteiger partial charge in [-0.05, 0) is 50.5 Å². The lowest BCUT2D eigenvalue weighted by atomic mass is 10.1. The number of ketones is 1. The Morgan fingerprint density at radius 1 is 1.13 bits per heavy atom. The third kappa shape index (κ3) is 3.85. The molecule has 4 heterocycles. The lowest BCUT2D eigenvalue weighted by molar-refractivity contribution is 0.102. The van der Waals surface area contributed by atoms with Crippen molar-refractivity contribution in [3.8, 4) is 17.1 Å². The number of hydrogen-bond acceptors (Lipinski definition) is 6. The molecule has 1 aromatic carbocycles. The maximum Gasteiger partial charge on any atom is 0.284 e. The first-order valence-corrected chi connectivity index (χ1v) is 12.2. The largest absolute Gasteiger partial charge is 0.324 e. The highest BCUT2D eigenvalue weighted by Gasteiger charge is 2.27. The van der Waals surface area contributed by atoms with Gasteiger partial charge >= 0.3 is 0 Å². The molecule has 0 fully saturated rings. The predicted octanol–water partition coefficient (Wildman–Crippen LogP) is 4.61. The Bertz CT molecular complexity index is 1270. The minimum atomic E-state index is -0.124. The molecule has 0 unspecified atom stereocenters. The van der Waals surface area contributed by atoms with Crippen LogP contribution in [0.5, 0.6) is 0 Å². The van der Waals surface area contributed by atoms with E-state index in [1.165, 1.54) is 27.8 Å². The third-order valence-electron chi connectivity index (χ3n) is 5.52. The van der Waals surface area contributed by atoms with Crippen molar-refractivity contribution in [3.05, 3.63) is 68.3 Å². The fourth-order valence-corrected chi connectivity index (χ4v) is 5.81. The summed E-state index contributed by atoms with van der Waals surface area (Å²) in [6.45, 7) is 2.81. The highest BCUT2D eigenvalue weighted by atomic mass is 32.2. The van der Waals surface area contributed by atoms with Gasteiger partial charge in [0.15, 0.2) is 16.8 Å². The quantitative estimate of drug-likeness (QED) is 0.252. The van der Waals surface area contributed by atoms with Crippen LogP contribution in [0, 0.1) is 6.92 Å². The number of aryl methyl sites for hydroxylation is 1. The van der Waals surface area contributed by atoms with E-state index in [-0.39, 0.29) is 11.3 Å². The maximum absolute atomic E-state index is 13.3. The monoisotopic (exact) mass is 450 g/mol. The van der Waals surface area contributed by atoms with E-state index in [0.717, 1.165) is 58.5 Å². The van der Waals surface area contributed by atoms with E-state index in [2.05, 4.69) is 9.67 Å². The van der Waals surface area contributed by atoms with Crippen molar-refractivity contribution >= 4 is 28.9 Å². The normalized spacial score (nSPS) is 13.8. The summed E-state index contributed by atoms with van der Waals surface area (Å²) in [5.74, 6) is 0.887. The van der Waals surface area contributed by atoms with Crippen LogP contribution in [0.15, 0.2) is 52.4 Å². The number of aromatic nitrogens is 4. The van der Waals surface area contributed by atoms with E-state index in [1.807, 2.05) is 49.4 Å². The number of hydrogen-bond donors (Lipinski definition) is 0. The molecule has 1 aromatic heterocycles. The number of thiophene rings is 1. The molecule has 0 bridgehead atoms. The molecule has 0 spiro atoms. The van der Waals surface area contributed by atoms with Gasteiger partial charge in [0.25, 0.3) is 5.56 Å². The van der Waals surface area contributed by atoms with Gasteiger partial charge in [0.2, 0.25) is 0 Å². The Labute approximate surface area is 188 Å². The van der Waals surface area contributed by atoms with Gasteiger partial charge in [0, 0.05) is 17.1 Å². The van der Waals surface area contributed by atoms with Crippen LogP contribution < -0.4 is 5.56 Å². The summed E-state index contributed by atoms with van der Waals surface area (Å²) in [4.78, 5) is 32.6. The van der Waals surface area contributed by atoms with Gasteiger partial charge in [0.05, 0.1) is 16.3 Å². The second-order valence-corrected chi connectivity index (χ2v) is 9.91. The van der Waals surface area contributed by atoms with Crippen LogP contribution >= 0.6 is 23.1 Å². The lowest BCUT2D eigenvalue weighted by Crippen LogP contribution is -2.19. The molecule has 3 aliphatic rings. The van der Waals surface area contributed by atoms with Crippen molar-refractivity contribution in [3.63, 3.8) is 0 Å². The average Bonchev–Trinajstić information content (AvgIpc) is 3.26. The van der Waals surface area contributed by atoms with Crippen molar-refractivity contribution in [2.75, 3.05) is 5.75 Å². The van der Waals surface area contributed by atoms with Crippen molar-refractivity contribution in [1.82, 2.24) is 19.3 Å². The van der Waals surface area contributed by atoms with E-state index in [0.29, 0.717) is 17.1 Å². The zero-order valence-corrected chi connectivity index (χ0v) is 18.8. The number of Topliss-reactive ketones (excluding diaryl/α,β-unsaturated/α-hetero) is 1. The van der Waals surface area contributed by atoms with E-state index in [1.54, 1.807) is 0 Å². The van der Waals surface area contributed by atoms with Crippen LogP contribution in [0.2, 0.25) is 0 Å². The molecule has 0 aliphatic carbocycles. The predicted molar refractivity (Wildman–Crippen MR) is 124 cm³/mol. The molecule has 31 heavy (non-hydrogen) atoms. The average molecular weight is 451 g/mol. The fourth-order valence-electron chi connectivity index (χ4n) is 3.99. The maximum atomic E-state index is 13.3. The number of rotatable bonds is 5. The van der Waals surface area contributed by atoms with Crippen LogP contribution in [0.4, 0.5) is 0 Å². The standard InChI is InChI=1S/C23H22N4O2S2/c1-15-11-12-19(31-15)18(28)14-30-23-24-21-20(17-10-6-3-7-13-26(17)23)22(29)27(25-21)16-8-4-2-5-9-16/h2,4-5,8-9,11-12H,3,6-7,10,13-14H2,1H3. The van der Waals surface area contributed by atoms with Gasteiger partial charge in [-0.25, -0.2) is 4.98 Å². The summed E-state index contributed by atoms with van der Waals surface area (Å²) in [6.07, 6.45) is 4.01. The van der Waals surface area contributed by atoms with Crippen LogP contribution in [-0.2, 0) is 13.0 Å². The third-order valence-corrected chi connectivity index (χ3v) is 7.53. The molecular weight excluding hydrogens is 428 g/mol. The zero-order valence-electron chi connectivity index (χ0n) is 17.2. The van der Waals surface area contributed by atoms with Crippen LogP contribution in [0.25, 0.3) is 17.1 Å². The first kappa shape index (κ1) is 20.2. The number of thioether (sulfide) groups is 1. The number of benzene rings is 1. The summed E-state index contributed by atoms with van der Waals surface area (Å²) in [5.41, 5.74) is 2.21. The number of nitrogens with zero attached hydrogens (tertiary/aromatic N) is 4. The summed E-state index contributed by atoms with van der Waals surface area (Å²) in [6, 6.07) is 13.3. The van der Waals surface area contributed by atoms with Crippen LogP contribution in [-0.4, -0.2) is 30.9 Å². The van der Waals surface area contributed by atoms with Crippen molar-refractivity contribution < 1.29 is 4.79 Å². The molecule has 2 aromatic rings. The van der Waals surface area contributed by atoms with Gasteiger partial charge in [0.1, 0.15) is 5.56 Å². The Balaban J connectivity index is 1.57. The fraction of sp³-hybridized carbons (Fsp3) is 0.304. The van der Waals surface area contributed by atoms with Gasteiger partial charge in [-0.1, -0.05) is 36.4 Å². The first-order valence-electron chi connectivity index (χ1n) is 10.4. The van der Waals surface area contributed by atoms with Gasteiger partial charge in [-0.15, -0.1) is 16.4 Å². The Morgan fingerprint density at radius 2 is 1.97 bits per heavy atom. The molecule has 0 N–H and O–H groups in total. The lowest BCUT2D eigenvalue weighted by Gasteiger charge is -2.17. The zero-order chi connectivity index (χ0) is 21.4. The molecule has 0 saturated carbocycles. The van der Waals surface area contributed by atoms with Gasteiger partial charge in [-0.2, -0.15) is 4.68 Å². The summed E-state index contributed by atoms with van der Waals surface area (Å²) in [7, 11) is 0. The van der Waals surface area contributed by atoms with E-state index >= 15 is 0 Å². The SMILES string of the molecule is Cc1ccc(C(=O)CSc2nc3nn(-c4ccccc4)c(=O)c-3c3n2CCCCC3)s1. The van der Waals surface area contributed by atoms with Crippen molar-refractivity contribution in [1.29, 1.82) is 0 Å². The van der Waals surface area contributed by atoms with Gasteiger partial charge < -0.3 is 4.57 Å². The number of carbonyl (C=O) groups is 1. The smallest absolute Gasteiger partial charge is 0.284 e. The van der Waals surface area contributed by atoms with Gasteiger partial charge in [-0.3, -0.25) is 9.59 Å². The van der Waals surface area contributed by atoms with Crippen molar-refractivity contribution in [2.45, 2.75) is 44.3 Å². The van der Waals surface area contributed by atoms with E-state index < -0.39 is 0 Å². The topological polar surface area (TPSA) is 69.8 Å². The molecule has 5 rings (SSSR count). The highest BCUT2D eigenvalue weighted by molar-refractivity contribution is 7.99. The minimum Gasteiger partial charge on any atom is -0.324 e. The summed E-state index contributed by atoms with van der Waals surface area (Å²) >= 11 is 2.96. The molecule has 0 amide bonds. The molecule has 3 aliphatic heterocycles. The molecule has 8 heteroatoms. The molecule has 0 saturated heterocycles. The summed E-state index contributed by atoms with van der Waals surface area (Å²) < 4.78 is 3.59. The van der Waals surface area contributed by atoms with E-state index in [9.17, 15) is 9.59 Å². The number of fused-ring (bicyclic) bond motifs is 3. The number of para-hydroxylation sites is 1. The first-order chi connectivity index (χ1) is 15.1. The molecule has 158 valence electrons. The van der Waals surface area contributed by atoms with E-state index in [4.69, 9.17) is 4.98 Å². The molecule has 0 atom stereocenters. The molecule has 0 radical (unpaired) electrons. The molecular formula is C23H22N4O2S2. The highest BCUT2D eigenvalue weighted by Crippen LogP contribution is 2.31. The number of carbonyl (C=O) groups excluding carboxylic acids is 1. The Morgan fingerprint density at radius 3 is 2.74 bits per heavy atom. The minimum absolute atomic E-state index is 0.104. The Kier molecular flexibility index (Phi) is 5.50. The Hall–Kier alpha value is -2.71. The molecule has 6 nitrogen and oxygen atoms in total.